The first-order valence-corrected chi connectivity index (χ1v) is 11.7. The second-order valence-electron chi connectivity index (χ2n) is 7.69. The standard InChI is InChI=1S/C25H26N2O5S/c1-17-8-11-23(12-9-17)33(30,31)27(3)16-21-14-20(10-13-24(21)32-4)25(29)26-22-7-5-6-19(15-22)18(2)28/h5-15H,16H2,1-4H3,(H,26,29). The van der Waals surface area contributed by atoms with Gasteiger partial charge >= 0.3 is 0 Å². The Kier molecular flexibility index (Phi) is 7.30. The van der Waals surface area contributed by atoms with Crippen LogP contribution in [0.3, 0.4) is 0 Å². The molecular weight excluding hydrogens is 440 g/mol. The molecule has 1 amide bonds. The van der Waals surface area contributed by atoms with Gasteiger partial charge in [-0.05, 0) is 56.3 Å². The predicted octanol–water partition coefficient (Wildman–Crippen LogP) is 4.28. The van der Waals surface area contributed by atoms with Gasteiger partial charge in [-0.15, -0.1) is 0 Å². The lowest BCUT2D eigenvalue weighted by Crippen LogP contribution is -2.27. The Morgan fingerprint density at radius 3 is 2.30 bits per heavy atom. The number of hydrogen-bond acceptors (Lipinski definition) is 5. The topological polar surface area (TPSA) is 92.8 Å². The number of carbonyl (C=O) groups is 2. The van der Waals surface area contributed by atoms with E-state index in [2.05, 4.69) is 5.32 Å². The van der Waals surface area contributed by atoms with E-state index in [1.807, 2.05) is 6.92 Å². The van der Waals surface area contributed by atoms with Crippen molar-refractivity contribution >= 4 is 27.4 Å². The molecule has 3 aromatic carbocycles. The van der Waals surface area contributed by atoms with Crippen LogP contribution in [-0.2, 0) is 16.6 Å². The lowest BCUT2D eigenvalue weighted by molar-refractivity contribution is 0.101. The van der Waals surface area contributed by atoms with E-state index in [0.717, 1.165) is 5.56 Å². The van der Waals surface area contributed by atoms with Crippen LogP contribution in [0.5, 0.6) is 5.75 Å². The molecule has 0 radical (unpaired) electrons. The van der Waals surface area contributed by atoms with Gasteiger partial charge in [0.25, 0.3) is 5.91 Å². The lowest BCUT2D eigenvalue weighted by atomic mass is 10.1. The SMILES string of the molecule is COc1ccc(C(=O)Nc2cccc(C(C)=O)c2)cc1CN(C)S(=O)(=O)c1ccc(C)cc1. The molecule has 0 aliphatic carbocycles. The quantitative estimate of drug-likeness (QED) is 0.500. The van der Waals surface area contributed by atoms with Gasteiger partial charge < -0.3 is 10.1 Å². The highest BCUT2D eigenvalue weighted by atomic mass is 32.2. The molecule has 3 aromatic rings. The number of hydrogen-bond donors (Lipinski definition) is 1. The average molecular weight is 467 g/mol. The number of aryl methyl sites for hydroxylation is 1. The van der Waals surface area contributed by atoms with Crippen molar-refractivity contribution in [1.29, 1.82) is 0 Å². The number of Topliss-reactive ketones (excluding diaryl/α,β-unsaturated/α-hetero) is 1. The molecule has 0 aliphatic heterocycles. The van der Waals surface area contributed by atoms with Crippen molar-refractivity contribution in [3.05, 3.63) is 89.0 Å². The van der Waals surface area contributed by atoms with Gasteiger partial charge in [-0.3, -0.25) is 9.59 Å². The minimum absolute atomic E-state index is 0.0142. The van der Waals surface area contributed by atoms with E-state index < -0.39 is 10.0 Å². The van der Waals surface area contributed by atoms with Gasteiger partial charge in [0.15, 0.2) is 5.78 Å². The van der Waals surface area contributed by atoms with E-state index in [0.29, 0.717) is 28.1 Å². The number of ether oxygens (including phenoxy) is 1. The zero-order chi connectivity index (χ0) is 24.2. The van der Waals surface area contributed by atoms with E-state index in [1.165, 1.54) is 25.4 Å². The maximum absolute atomic E-state index is 13.0. The Morgan fingerprint density at radius 2 is 1.67 bits per heavy atom. The molecular formula is C25H26N2O5S. The number of methoxy groups -OCH3 is 1. The minimum atomic E-state index is -3.73. The Balaban J connectivity index is 1.84. The van der Waals surface area contributed by atoms with E-state index in [9.17, 15) is 18.0 Å². The molecule has 33 heavy (non-hydrogen) atoms. The summed E-state index contributed by atoms with van der Waals surface area (Å²) < 4.78 is 32.5. The van der Waals surface area contributed by atoms with Crippen LogP contribution in [0.1, 0.15) is 38.8 Å². The highest BCUT2D eigenvalue weighted by Crippen LogP contribution is 2.25. The van der Waals surface area contributed by atoms with Gasteiger partial charge in [-0.1, -0.05) is 29.8 Å². The van der Waals surface area contributed by atoms with Crippen molar-refractivity contribution < 1.29 is 22.7 Å². The summed E-state index contributed by atoms with van der Waals surface area (Å²) in [4.78, 5) is 24.6. The van der Waals surface area contributed by atoms with E-state index >= 15 is 0 Å². The Bertz CT molecular complexity index is 1280. The fourth-order valence-corrected chi connectivity index (χ4v) is 4.43. The van der Waals surface area contributed by atoms with Crippen LogP contribution in [0.25, 0.3) is 0 Å². The summed E-state index contributed by atoms with van der Waals surface area (Å²) >= 11 is 0. The number of ketones is 1. The Morgan fingerprint density at radius 1 is 0.970 bits per heavy atom. The van der Waals surface area contributed by atoms with Crippen LogP contribution in [0.4, 0.5) is 5.69 Å². The third-order valence-corrected chi connectivity index (χ3v) is 7.01. The summed E-state index contributed by atoms with van der Waals surface area (Å²) in [5.74, 6) is -0.0182. The molecule has 0 bridgehead atoms. The zero-order valence-corrected chi connectivity index (χ0v) is 19.8. The van der Waals surface area contributed by atoms with Crippen molar-refractivity contribution in [2.24, 2.45) is 0 Å². The van der Waals surface area contributed by atoms with Crippen LogP contribution >= 0.6 is 0 Å². The molecule has 7 nitrogen and oxygen atoms in total. The van der Waals surface area contributed by atoms with Crippen LogP contribution in [0, 0.1) is 6.92 Å². The molecule has 8 heteroatoms. The molecule has 0 saturated carbocycles. The predicted molar refractivity (Wildman–Crippen MR) is 127 cm³/mol. The number of nitrogens with one attached hydrogen (secondary N) is 1. The van der Waals surface area contributed by atoms with E-state index in [-0.39, 0.29) is 23.1 Å². The smallest absolute Gasteiger partial charge is 0.255 e. The maximum atomic E-state index is 13.0. The molecule has 3 rings (SSSR count). The molecule has 0 aromatic heterocycles. The molecule has 172 valence electrons. The zero-order valence-electron chi connectivity index (χ0n) is 19.0. The molecule has 1 N–H and O–H groups in total. The molecule has 0 unspecified atom stereocenters. The second kappa shape index (κ2) is 9.97. The summed E-state index contributed by atoms with van der Waals surface area (Å²) in [5, 5.41) is 2.77. The fraction of sp³-hybridized carbons (Fsp3) is 0.200. The van der Waals surface area contributed by atoms with Crippen LogP contribution in [-0.4, -0.2) is 38.6 Å². The highest BCUT2D eigenvalue weighted by Gasteiger charge is 2.22. The first kappa shape index (κ1) is 24.2. The third kappa shape index (κ3) is 5.66. The normalized spacial score (nSPS) is 11.3. The van der Waals surface area contributed by atoms with Crippen LogP contribution in [0.15, 0.2) is 71.6 Å². The minimum Gasteiger partial charge on any atom is -0.496 e. The van der Waals surface area contributed by atoms with Gasteiger partial charge in [-0.25, -0.2) is 8.42 Å². The summed E-state index contributed by atoms with van der Waals surface area (Å²) in [6, 6.07) is 18.1. The monoisotopic (exact) mass is 466 g/mol. The van der Waals surface area contributed by atoms with Crippen molar-refractivity contribution in [3.63, 3.8) is 0 Å². The Hall–Kier alpha value is -3.49. The average Bonchev–Trinajstić information content (AvgIpc) is 2.79. The van der Waals surface area contributed by atoms with Crippen molar-refractivity contribution in [2.75, 3.05) is 19.5 Å². The largest absolute Gasteiger partial charge is 0.496 e. The molecule has 0 saturated heterocycles. The highest BCUT2D eigenvalue weighted by molar-refractivity contribution is 7.89. The molecule has 0 spiro atoms. The number of rotatable bonds is 8. The van der Waals surface area contributed by atoms with Crippen LogP contribution in [0.2, 0.25) is 0 Å². The molecule has 0 atom stereocenters. The fourth-order valence-electron chi connectivity index (χ4n) is 3.28. The van der Waals surface area contributed by atoms with Gasteiger partial charge in [0.05, 0.1) is 12.0 Å². The third-order valence-electron chi connectivity index (χ3n) is 5.19. The number of nitrogens with zero attached hydrogens (tertiary/aromatic N) is 1. The van der Waals surface area contributed by atoms with Crippen molar-refractivity contribution in [2.45, 2.75) is 25.3 Å². The number of sulfonamides is 1. The summed E-state index contributed by atoms with van der Waals surface area (Å²) in [7, 11) is -0.761. The molecule has 0 heterocycles. The van der Waals surface area contributed by atoms with Gasteiger partial charge in [0.1, 0.15) is 5.75 Å². The first-order chi connectivity index (χ1) is 15.6. The summed E-state index contributed by atoms with van der Waals surface area (Å²) in [6.07, 6.45) is 0. The number of benzene rings is 3. The summed E-state index contributed by atoms with van der Waals surface area (Å²) in [5.41, 5.74) is 2.82. The van der Waals surface area contributed by atoms with Gasteiger partial charge in [-0.2, -0.15) is 4.31 Å². The number of amides is 1. The van der Waals surface area contributed by atoms with E-state index in [4.69, 9.17) is 4.74 Å². The van der Waals surface area contributed by atoms with Crippen molar-refractivity contribution in [3.8, 4) is 5.75 Å². The van der Waals surface area contributed by atoms with Crippen LogP contribution < -0.4 is 10.1 Å². The maximum Gasteiger partial charge on any atom is 0.255 e. The number of anilines is 1. The lowest BCUT2D eigenvalue weighted by Gasteiger charge is -2.19. The number of carbonyl (C=O) groups excluding carboxylic acids is 2. The molecule has 0 aliphatic rings. The van der Waals surface area contributed by atoms with Gasteiger partial charge in [0.2, 0.25) is 10.0 Å². The first-order valence-electron chi connectivity index (χ1n) is 10.2. The van der Waals surface area contributed by atoms with E-state index in [1.54, 1.807) is 66.7 Å². The molecule has 0 fully saturated rings. The Labute approximate surface area is 194 Å². The second-order valence-corrected chi connectivity index (χ2v) is 9.74. The van der Waals surface area contributed by atoms with Crippen molar-refractivity contribution in [1.82, 2.24) is 4.31 Å². The van der Waals surface area contributed by atoms with Gasteiger partial charge in [0, 0.05) is 36.0 Å². The summed E-state index contributed by atoms with van der Waals surface area (Å²) in [6.45, 7) is 3.36.